The van der Waals surface area contributed by atoms with Gasteiger partial charge in [-0.1, -0.05) is 6.07 Å². The molecule has 92 valence electrons. The molecule has 3 nitrogen and oxygen atoms in total. The first kappa shape index (κ1) is 12.0. The summed E-state index contributed by atoms with van der Waals surface area (Å²) in [5.74, 6) is 0.487. The number of aryl methyl sites for hydroxylation is 2. The number of aromatic nitrogens is 2. The van der Waals surface area contributed by atoms with E-state index in [2.05, 4.69) is 44.1 Å². The van der Waals surface area contributed by atoms with Crippen molar-refractivity contribution in [2.75, 3.05) is 5.73 Å². The zero-order chi connectivity index (χ0) is 12.5. The van der Waals surface area contributed by atoms with Crippen molar-refractivity contribution in [1.29, 1.82) is 0 Å². The minimum Gasteiger partial charge on any atom is -0.384 e. The van der Waals surface area contributed by atoms with Gasteiger partial charge >= 0.3 is 0 Å². The number of hydrogen-bond acceptors (Lipinski definition) is 4. The lowest BCUT2D eigenvalue weighted by atomic mass is 10.1. The van der Waals surface area contributed by atoms with E-state index in [1.165, 1.54) is 35.3 Å². The third kappa shape index (κ3) is 2.52. The SMILES string of the molecule is Nc1cc(Br)nc(Sc2ccc3c(c2)CCC3)n1. The van der Waals surface area contributed by atoms with Crippen LogP contribution in [0.15, 0.2) is 38.9 Å². The topological polar surface area (TPSA) is 51.8 Å². The van der Waals surface area contributed by atoms with Crippen LogP contribution in [0.4, 0.5) is 5.82 Å². The molecular formula is C13H12BrN3S. The summed E-state index contributed by atoms with van der Waals surface area (Å²) in [6, 6.07) is 8.29. The highest BCUT2D eigenvalue weighted by Gasteiger charge is 2.12. The lowest BCUT2D eigenvalue weighted by Gasteiger charge is -2.04. The minimum absolute atomic E-state index is 0.487. The number of benzene rings is 1. The summed E-state index contributed by atoms with van der Waals surface area (Å²) in [4.78, 5) is 9.71. The molecule has 0 unspecified atom stereocenters. The minimum atomic E-state index is 0.487. The van der Waals surface area contributed by atoms with Crippen molar-refractivity contribution >= 4 is 33.5 Å². The van der Waals surface area contributed by atoms with Crippen molar-refractivity contribution in [3.05, 3.63) is 40.0 Å². The molecule has 0 atom stereocenters. The number of anilines is 1. The second-order valence-electron chi connectivity index (χ2n) is 4.28. The van der Waals surface area contributed by atoms with E-state index in [1.807, 2.05) is 0 Å². The summed E-state index contributed by atoms with van der Waals surface area (Å²) in [6.07, 6.45) is 3.66. The Balaban J connectivity index is 1.88. The first-order valence-corrected chi connectivity index (χ1v) is 7.41. The largest absolute Gasteiger partial charge is 0.384 e. The molecule has 1 aromatic carbocycles. The number of hydrogen-bond donors (Lipinski definition) is 1. The number of fused-ring (bicyclic) bond motifs is 1. The van der Waals surface area contributed by atoms with Gasteiger partial charge in [-0.05, 0) is 70.2 Å². The van der Waals surface area contributed by atoms with Crippen molar-refractivity contribution in [2.45, 2.75) is 29.3 Å². The van der Waals surface area contributed by atoms with E-state index in [1.54, 1.807) is 17.8 Å². The van der Waals surface area contributed by atoms with Crippen molar-refractivity contribution in [2.24, 2.45) is 0 Å². The van der Waals surface area contributed by atoms with Crippen LogP contribution in [0.25, 0.3) is 0 Å². The Morgan fingerprint density at radius 1 is 1.11 bits per heavy atom. The maximum absolute atomic E-state index is 5.71. The summed E-state index contributed by atoms with van der Waals surface area (Å²) in [5, 5.41) is 0.680. The maximum atomic E-state index is 5.71. The molecule has 0 saturated heterocycles. The van der Waals surface area contributed by atoms with Gasteiger partial charge in [-0.25, -0.2) is 9.97 Å². The average molecular weight is 322 g/mol. The smallest absolute Gasteiger partial charge is 0.195 e. The average Bonchev–Trinajstić information content (AvgIpc) is 2.74. The van der Waals surface area contributed by atoms with E-state index in [4.69, 9.17) is 5.73 Å². The number of nitrogens with zero attached hydrogens (tertiary/aromatic N) is 2. The monoisotopic (exact) mass is 321 g/mol. The fraction of sp³-hybridized carbons (Fsp3) is 0.231. The van der Waals surface area contributed by atoms with Gasteiger partial charge in [-0.15, -0.1) is 0 Å². The molecule has 1 heterocycles. The highest BCUT2D eigenvalue weighted by atomic mass is 79.9. The molecule has 0 spiro atoms. The second kappa shape index (κ2) is 4.90. The molecule has 1 aromatic heterocycles. The quantitative estimate of drug-likeness (QED) is 0.679. The van der Waals surface area contributed by atoms with Gasteiger partial charge in [0.15, 0.2) is 5.16 Å². The van der Waals surface area contributed by atoms with Crippen LogP contribution in [0, 0.1) is 0 Å². The Hall–Kier alpha value is -1.07. The zero-order valence-electron chi connectivity index (χ0n) is 9.69. The summed E-state index contributed by atoms with van der Waals surface area (Å²) in [5.41, 5.74) is 8.65. The third-order valence-electron chi connectivity index (χ3n) is 2.97. The molecule has 0 fully saturated rings. The lowest BCUT2D eigenvalue weighted by Crippen LogP contribution is -1.94. The molecule has 2 aromatic rings. The molecule has 3 rings (SSSR count). The van der Waals surface area contributed by atoms with Crippen LogP contribution in [0.2, 0.25) is 0 Å². The highest BCUT2D eigenvalue weighted by molar-refractivity contribution is 9.10. The summed E-state index contributed by atoms with van der Waals surface area (Å²) >= 11 is 4.88. The molecule has 18 heavy (non-hydrogen) atoms. The predicted molar refractivity (Wildman–Crippen MR) is 76.7 cm³/mol. The number of rotatable bonds is 2. The molecule has 2 N–H and O–H groups in total. The molecule has 0 aliphatic heterocycles. The van der Waals surface area contributed by atoms with Crippen LogP contribution < -0.4 is 5.73 Å². The van der Waals surface area contributed by atoms with Gasteiger partial charge in [0.1, 0.15) is 10.4 Å². The van der Waals surface area contributed by atoms with Crippen LogP contribution in [0.3, 0.4) is 0 Å². The van der Waals surface area contributed by atoms with Crippen molar-refractivity contribution in [3.8, 4) is 0 Å². The highest BCUT2D eigenvalue weighted by Crippen LogP contribution is 2.31. The first-order chi connectivity index (χ1) is 8.70. The van der Waals surface area contributed by atoms with Crippen LogP contribution in [-0.2, 0) is 12.8 Å². The fourth-order valence-electron chi connectivity index (χ4n) is 2.18. The van der Waals surface area contributed by atoms with Crippen LogP contribution in [0.5, 0.6) is 0 Å². The van der Waals surface area contributed by atoms with Crippen molar-refractivity contribution < 1.29 is 0 Å². The van der Waals surface area contributed by atoms with Crippen LogP contribution >= 0.6 is 27.7 Å². The molecule has 0 amide bonds. The van der Waals surface area contributed by atoms with Gasteiger partial charge in [0, 0.05) is 11.0 Å². The van der Waals surface area contributed by atoms with Gasteiger partial charge in [0.2, 0.25) is 0 Å². The van der Waals surface area contributed by atoms with E-state index < -0.39 is 0 Å². The van der Waals surface area contributed by atoms with Crippen LogP contribution in [0.1, 0.15) is 17.5 Å². The van der Waals surface area contributed by atoms with E-state index in [0.717, 1.165) is 4.60 Å². The van der Waals surface area contributed by atoms with Gasteiger partial charge in [0.25, 0.3) is 0 Å². The number of nitrogens with two attached hydrogens (primary N) is 1. The van der Waals surface area contributed by atoms with E-state index in [-0.39, 0.29) is 0 Å². The Morgan fingerprint density at radius 3 is 2.78 bits per heavy atom. The van der Waals surface area contributed by atoms with E-state index >= 15 is 0 Å². The Kier molecular flexibility index (Phi) is 3.26. The fourth-order valence-corrected chi connectivity index (χ4v) is 3.54. The second-order valence-corrected chi connectivity index (χ2v) is 6.14. The van der Waals surface area contributed by atoms with E-state index in [9.17, 15) is 0 Å². The number of halogens is 1. The molecular weight excluding hydrogens is 310 g/mol. The predicted octanol–water partition coefficient (Wildman–Crippen LogP) is 3.46. The van der Waals surface area contributed by atoms with Crippen molar-refractivity contribution in [3.63, 3.8) is 0 Å². The Morgan fingerprint density at radius 2 is 1.94 bits per heavy atom. The standard InChI is InChI=1S/C13H12BrN3S/c14-11-7-12(15)17-13(16-11)18-10-5-4-8-2-1-3-9(8)6-10/h4-7H,1-3H2,(H2,15,16,17). The van der Waals surface area contributed by atoms with Gasteiger partial charge in [-0.2, -0.15) is 0 Å². The first-order valence-electron chi connectivity index (χ1n) is 5.80. The van der Waals surface area contributed by atoms with Gasteiger partial charge in [0.05, 0.1) is 0 Å². The Labute approximate surface area is 118 Å². The van der Waals surface area contributed by atoms with Crippen molar-refractivity contribution in [1.82, 2.24) is 9.97 Å². The molecule has 0 bridgehead atoms. The van der Waals surface area contributed by atoms with Crippen LogP contribution in [-0.4, -0.2) is 9.97 Å². The normalized spacial score (nSPS) is 13.6. The molecule has 1 aliphatic rings. The summed E-state index contributed by atoms with van der Waals surface area (Å²) < 4.78 is 0.721. The maximum Gasteiger partial charge on any atom is 0.195 e. The Bertz CT molecular complexity index is 581. The van der Waals surface area contributed by atoms with Gasteiger partial charge < -0.3 is 5.73 Å². The third-order valence-corrected chi connectivity index (χ3v) is 4.23. The van der Waals surface area contributed by atoms with Gasteiger partial charge in [-0.3, -0.25) is 0 Å². The van der Waals surface area contributed by atoms with E-state index in [0.29, 0.717) is 11.0 Å². The summed E-state index contributed by atoms with van der Waals surface area (Å²) in [6.45, 7) is 0. The zero-order valence-corrected chi connectivity index (χ0v) is 12.1. The molecule has 5 heteroatoms. The molecule has 0 radical (unpaired) electrons. The number of nitrogen functional groups attached to an aromatic ring is 1. The molecule has 1 aliphatic carbocycles. The lowest BCUT2D eigenvalue weighted by molar-refractivity contribution is 0.911. The summed E-state index contributed by atoms with van der Waals surface area (Å²) in [7, 11) is 0. The molecule has 0 saturated carbocycles.